The maximum atomic E-state index is 12.7. The van der Waals surface area contributed by atoms with Gasteiger partial charge in [-0.3, -0.25) is 14.9 Å². The fourth-order valence-corrected chi connectivity index (χ4v) is 3.22. The maximum absolute atomic E-state index is 12.7. The Kier molecular flexibility index (Phi) is 3.21. The summed E-state index contributed by atoms with van der Waals surface area (Å²) < 4.78 is 3.43. The van der Waals surface area contributed by atoms with Gasteiger partial charge in [0, 0.05) is 24.0 Å². The van der Waals surface area contributed by atoms with Gasteiger partial charge in [-0.2, -0.15) is 5.10 Å². The summed E-state index contributed by atoms with van der Waals surface area (Å²) in [4.78, 5) is 17.1. The molecule has 0 bridgehead atoms. The molecule has 0 unspecified atom stereocenters. The zero-order chi connectivity index (χ0) is 17.5. The van der Waals surface area contributed by atoms with E-state index in [1.807, 2.05) is 60.8 Å². The lowest BCUT2D eigenvalue weighted by molar-refractivity contribution is 0.672. The van der Waals surface area contributed by atoms with Gasteiger partial charge in [0.1, 0.15) is 0 Å². The number of benzene rings is 2. The summed E-state index contributed by atoms with van der Waals surface area (Å²) >= 11 is 0. The monoisotopic (exact) mass is 341 g/mol. The lowest BCUT2D eigenvalue weighted by atomic mass is 10.2. The number of pyridine rings is 1. The number of para-hydroxylation sites is 1. The molecule has 6 heteroatoms. The van der Waals surface area contributed by atoms with Gasteiger partial charge in [-0.25, -0.2) is 9.36 Å². The van der Waals surface area contributed by atoms with Gasteiger partial charge in [-0.05, 0) is 29.8 Å². The van der Waals surface area contributed by atoms with Crippen molar-refractivity contribution in [2.75, 3.05) is 0 Å². The average molecular weight is 341 g/mol. The Morgan fingerprint density at radius 1 is 0.962 bits per heavy atom. The molecule has 0 aliphatic carbocycles. The maximum Gasteiger partial charge on any atom is 0.276 e. The molecule has 5 rings (SSSR count). The Bertz CT molecular complexity index is 1260. The van der Waals surface area contributed by atoms with E-state index >= 15 is 0 Å². The first-order chi connectivity index (χ1) is 12.8. The van der Waals surface area contributed by atoms with Crippen LogP contribution in [-0.4, -0.2) is 24.5 Å². The molecule has 2 aromatic carbocycles. The van der Waals surface area contributed by atoms with Crippen LogP contribution in [-0.2, 0) is 6.54 Å². The van der Waals surface area contributed by atoms with E-state index in [9.17, 15) is 4.79 Å². The molecule has 0 spiro atoms. The number of nitrogens with zero attached hydrogens (tertiary/aromatic N) is 4. The molecular formula is C20H15N5O. The summed E-state index contributed by atoms with van der Waals surface area (Å²) in [5.41, 5.74) is 3.66. The summed E-state index contributed by atoms with van der Waals surface area (Å²) in [5, 5.41) is 9.03. The van der Waals surface area contributed by atoms with Crippen LogP contribution in [0.15, 0.2) is 78.0 Å². The van der Waals surface area contributed by atoms with Crippen molar-refractivity contribution < 1.29 is 0 Å². The van der Waals surface area contributed by atoms with Crippen molar-refractivity contribution in [1.82, 2.24) is 24.5 Å². The Labute approximate surface area is 148 Å². The van der Waals surface area contributed by atoms with Gasteiger partial charge in [0.2, 0.25) is 0 Å². The minimum Gasteiger partial charge on any atom is -0.294 e. The molecule has 0 saturated heterocycles. The van der Waals surface area contributed by atoms with Crippen LogP contribution >= 0.6 is 0 Å². The summed E-state index contributed by atoms with van der Waals surface area (Å²) in [6.07, 6.45) is 5.29. The number of hydrogen-bond donors (Lipinski definition) is 1. The topological polar surface area (TPSA) is 68.5 Å². The summed E-state index contributed by atoms with van der Waals surface area (Å²) in [6, 6.07) is 17.7. The van der Waals surface area contributed by atoms with Crippen LogP contribution < -0.4 is 5.56 Å². The lowest BCUT2D eigenvalue weighted by Gasteiger charge is -2.05. The van der Waals surface area contributed by atoms with Gasteiger partial charge in [0.15, 0.2) is 0 Å². The minimum absolute atomic E-state index is 0.0607. The second-order valence-electron chi connectivity index (χ2n) is 6.18. The van der Waals surface area contributed by atoms with Crippen LogP contribution in [0.25, 0.3) is 27.5 Å². The van der Waals surface area contributed by atoms with E-state index in [2.05, 4.69) is 15.2 Å². The van der Waals surface area contributed by atoms with Gasteiger partial charge in [0.05, 0.1) is 28.7 Å². The smallest absolute Gasteiger partial charge is 0.276 e. The summed E-state index contributed by atoms with van der Waals surface area (Å²) in [5.74, 6) is 0. The largest absolute Gasteiger partial charge is 0.294 e. The van der Waals surface area contributed by atoms with Crippen LogP contribution in [0.5, 0.6) is 0 Å². The Hall–Kier alpha value is -3.67. The first-order valence-corrected chi connectivity index (χ1v) is 8.35. The third-order valence-electron chi connectivity index (χ3n) is 4.54. The highest BCUT2D eigenvalue weighted by Gasteiger charge is 2.10. The van der Waals surface area contributed by atoms with Crippen molar-refractivity contribution in [3.05, 3.63) is 89.1 Å². The van der Waals surface area contributed by atoms with Crippen molar-refractivity contribution in [1.29, 1.82) is 0 Å². The Morgan fingerprint density at radius 2 is 1.81 bits per heavy atom. The molecular weight excluding hydrogens is 326 g/mol. The molecule has 0 aliphatic rings. The van der Waals surface area contributed by atoms with Crippen LogP contribution in [0.4, 0.5) is 0 Å². The number of hydrogen-bond acceptors (Lipinski definition) is 3. The van der Waals surface area contributed by atoms with Gasteiger partial charge in [0.25, 0.3) is 5.56 Å². The molecule has 0 amide bonds. The number of nitrogens with one attached hydrogen (secondary N) is 1. The standard InChI is InChI=1S/C20H15N5O/c26-20-17-12-21-18-5-2-1-4-16(18)19(17)23-25(20)13-14-6-8-15(9-7-14)24-11-3-10-22-24/h1-12,23H,13H2. The van der Waals surface area contributed by atoms with Crippen molar-refractivity contribution in [2.24, 2.45) is 0 Å². The second-order valence-corrected chi connectivity index (χ2v) is 6.18. The fraction of sp³-hybridized carbons (Fsp3) is 0.0500. The number of aromatic amines is 1. The molecule has 0 saturated carbocycles. The molecule has 126 valence electrons. The van der Waals surface area contributed by atoms with Gasteiger partial charge in [-0.15, -0.1) is 0 Å². The summed E-state index contributed by atoms with van der Waals surface area (Å²) in [7, 11) is 0. The summed E-state index contributed by atoms with van der Waals surface area (Å²) in [6.45, 7) is 0.473. The van der Waals surface area contributed by atoms with E-state index in [1.165, 1.54) is 0 Å². The molecule has 6 nitrogen and oxygen atoms in total. The molecule has 3 heterocycles. The van der Waals surface area contributed by atoms with E-state index < -0.39 is 0 Å². The van der Waals surface area contributed by atoms with E-state index in [-0.39, 0.29) is 5.56 Å². The third kappa shape index (κ3) is 2.31. The van der Waals surface area contributed by atoms with Crippen molar-refractivity contribution >= 4 is 21.8 Å². The SMILES string of the molecule is O=c1c2cnc3ccccc3c2[nH]n1Cc1ccc(-n2cccn2)cc1. The number of aromatic nitrogens is 5. The van der Waals surface area contributed by atoms with Gasteiger partial charge in [-0.1, -0.05) is 30.3 Å². The molecule has 0 aliphatic heterocycles. The second kappa shape index (κ2) is 5.70. The van der Waals surface area contributed by atoms with E-state index in [1.54, 1.807) is 21.8 Å². The first kappa shape index (κ1) is 14.7. The molecule has 1 N–H and O–H groups in total. The van der Waals surface area contributed by atoms with Gasteiger partial charge < -0.3 is 0 Å². The number of H-pyrrole nitrogens is 1. The molecule has 0 atom stereocenters. The minimum atomic E-state index is -0.0607. The van der Waals surface area contributed by atoms with E-state index in [4.69, 9.17) is 0 Å². The highest BCUT2D eigenvalue weighted by atomic mass is 16.1. The zero-order valence-corrected chi connectivity index (χ0v) is 13.8. The van der Waals surface area contributed by atoms with Crippen LogP contribution in [0.2, 0.25) is 0 Å². The predicted molar refractivity (Wildman–Crippen MR) is 101 cm³/mol. The van der Waals surface area contributed by atoms with E-state index in [0.29, 0.717) is 11.9 Å². The molecule has 0 fully saturated rings. The van der Waals surface area contributed by atoms with Crippen LogP contribution in [0.3, 0.4) is 0 Å². The van der Waals surface area contributed by atoms with E-state index in [0.717, 1.165) is 27.7 Å². The van der Waals surface area contributed by atoms with Gasteiger partial charge >= 0.3 is 0 Å². The first-order valence-electron chi connectivity index (χ1n) is 8.35. The molecule has 3 aromatic heterocycles. The van der Waals surface area contributed by atoms with Crippen molar-refractivity contribution in [3.8, 4) is 5.69 Å². The number of rotatable bonds is 3. The quantitative estimate of drug-likeness (QED) is 0.548. The molecule has 26 heavy (non-hydrogen) atoms. The normalized spacial score (nSPS) is 11.4. The highest BCUT2D eigenvalue weighted by molar-refractivity contribution is 6.02. The molecule has 5 aromatic rings. The highest BCUT2D eigenvalue weighted by Crippen LogP contribution is 2.19. The Morgan fingerprint density at radius 3 is 2.62 bits per heavy atom. The zero-order valence-electron chi connectivity index (χ0n) is 13.8. The lowest BCUT2D eigenvalue weighted by Crippen LogP contribution is -2.17. The van der Waals surface area contributed by atoms with Crippen LogP contribution in [0.1, 0.15) is 5.56 Å². The number of fused-ring (bicyclic) bond motifs is 3. The molecule has 0 radical (unpaired) electrons. The van der Waals surface area contributed by atoms with Crippen molar-refractivity contribution in [3.63, 3.8) is 0 Å². The fourth-order valence-electron chi connectivity index (χ4n) is 3.22. The predicted octanol–water partition coefficient (Wildman–Crippen LogP) is 3.11. The Balaban J connectivity index is 1.54. The van der Waals surface area contributed by atoms with Crippen LogP contribution in [0, 0.1) is 0 Å². The third-order valence-corrected chi connectivity index (χ3v) is 4.54. The average Bonchev–Trinajstić information content (AvgIpc) is 3.32. The van der Waals surface area contributed by atoms with Crippen molar-refractivity contribution in [2.45, 2.75) is 6.54 Å².